The minimum Gasteiger partial charge on any atom is -0.339 e. The van der Waals surface area contributed by atoms with E-state index in [-0.39, 0.29) is 24.3 Å². The van der Waals surface area contributed by atoms with Crippen molar-refractivity contribution in [2.45, 2.75) is 51.5 Å². The number of unbranched alkanes of at least 4 members (excludes halogenated alkanes) is 2. The standard InChI is InChI=1S/C18H23ClFN3O.ClH/c1-2-14(24)6-4-3-5-7-15(21)16-17(19)23-18(22-16)12-8-10-13(20)11-9-12;/h8-11,15H,2-7,21H2,1H3,(H,22,23);1H/t15-;/m0./s1. The number of nitrogens with one attached hydrogen (secondary N) is 1. The molecule has 1 atom stereocenters. The molecule has 25 heavy (non-hydrogen) atoms. The molecule has 0 amide bonds. The van der Waals surface area contributed by atoms with E-state index < -0.39 is 0 Å². The molecule has 0 spiro atoms. The van der Waals surface area contributed by atoms with Crippen molar-refractivity contribution in [2.24, 2.45) is 5.73 Å². The third-order valence-electron chi connectivity index (χ3n) is 4.04. The molecule has 2 rings (SSSR count). The Bertz CT molecular complexity index is 673. The lowest BCUT2D eigenvalue weighted by Crippen LogP contribution is -2.11. The van der Waals surface area contributed by atoms with Crippen molar-refractivity contribution >= 4 is 29.8 Å². The fraction of sp³-hybridized carbons (Fsp3) is 0.444. The molecule has 1 aromatic heterocycles. The molecule has 0 unspecified atom stereocenters. The Balaban J connectivity index is 0.00000312. The van der Waals surface area contributed by atoms with Crippen LogP contribution in [0.25, 0.3) is 11.4 Å². The first-order valence-corrected chi connectivity index (χ1v) is 8.67. The smallest absolute Gasteiger partial charge is 0.152 e. The number of benzene rings is 1. The summed E-state index contributed by atoms with van der Waals surface area (Å²) < 4.78 is 13.0. The Kier molecular flexibility index (Phi) is 9.11. The number of carbonyl (C=O) groups excluding carboxylic acids is 1. The summed E-state index contributed by atoms with van der Waals surface area (Å²) in [6, 6.07) is 5.81. The molecule has 138 valence electrons. The van der Waals surface area contributed by atoms with Gasteiger partial charge < -0.3 is 10.7 Å². The van der Waals surface area contributed by atoms with Crippen molar-refractivity contribution in [3.63, 3.8) is 0 Å². The van der Waals surface area contributed by atoms with Gasteiger partial charge in [0.25, 0.3) is 0 Å². The minimum atomic E-state index is -0.296. The van der Waals surface area contributed by atoms with E-state index in [0.717, 1.165) is 31.2 Å². The normalized spacial score (nSPS) is 11.8. The summed E-state index contributed by atoms with van der Waals surface area (Å²) in [6.45, 7) is 1.89. The van der Waals surface area contributed by atoms with Gasteiger partial charge in [0, 0.05) is 24.4 Å². The quantitative estimate of drug-likeness (QED) is 0.579. The first-order chi connectivity index (χ1) is 11.5. The third kappa shape index (κ3) is 6.42. The maximum absolute atomic E-state index is 13.0. The van der Waals surface area contributed by atoms with Crippen LogP contribution in [0.4, 0.5) is 4.39 Å². The molecule has 2 aromatic rings. The molecule has 0 aliphatic heterocycles. The molecule has 1 aromatic carbocycles. The maximum Gasteiger partial charge on any atom is 0.152 e. The highest BCUT2D eigenvalue weighted by Crippen LogP contribution is 2.27. The molecule has 1 heterocycles. The molecular weight excluding hydrogens is 364 g/mol. The van der Waals surface area contributed by atoms with Crippen LogP contribution >= 0.6 is 24.0 Å². The fourth-order valence-corrected chi connectivity index (χ4v) is 2.81. The van der Waals surface area contributed by atoms with Crippen molar-refractivity contribution in [2.75, 3.05) is 0 Å². The van der Waals surface area contributed by atoms with Crippen molar-refractivity contribution in [3.05, 3.63) is 40.9 Å². The van der Waals surface area contributed by atoms with Crippen LogP contribution in [-0.2, 0) is 4.79 Å². The number of hydrogen-bond donors (Lipinski definition) is 2. The largest absolute Gasteiger partial charge is 0.339 e. The van der Waals surface area contributed by atoms with Crippen molar-refractivity contribution in [1.29, 1.82) is 0 Å². The lowest BCUT2D eigenvalue weighted by Gasteiger charge is -2.09. The summed E-state index contributed by atoms with van der Waals surface area (Å²) in [5.41, 5.74) is 7.65. The summed E-state index contributed by atoms with van der Waals surface area (Å²) >= 11 is 6.18. The highest BCUT2D eigenvalue weighted by atomic mass is 35.5. The Morgan fingerprint density at radius 1 is 1.28 bits per heavy atom. The van der Waals surface area contributed by atoms with Crippen molar-refractivity contribution in [1.82, 2.24) is 9.97 Å². The molecule has 7 heteroatoms. The number of nitrogens with zero attached hydrogens (tertiary/aromatic N) is 1. The highest BCUT2D eigenvalue weighted by molar-refractivity contribution is 6.30. The van der Waals surface area contributed by atoms with Crippen LogP contribution in [-0.4, -0.2) is 15.8 Å². The average Bonchev–Trinajstić information content (AvgIpc) is 2.96. The number of Topliss-reactive ketones (excluding diaryl/α,β-unsaturated/α-hetero) is 1. The first kappa shape index (κ1) is 21.6. The van der Waals surface area contributed by atoms with Gasteiger partial charge in [0.05, 0.1) is 5.69 Å². The minimum absolute atomic E-state index is 0. The summed E-state index contributed by atoms with van der Waals surface area (Å²) in [4.78, 5) is 18.7. The highest BCUT2D eigenvalue weighted by Gasteiger charge is 2.16. The van der Waals surface area contributed by atoms with E-state index in [9.17, 15) is 9.18 Å². The van der Waals surface area contributed by atoms with Crippen LogP contribution in [0.15, 0.2) is 24.3 Å². The van der Waals surface area contributed by atoms with Gasteiger partial charge in [-0.2, -0.15) is 0 Å². The second-order valence-electron chi connectivity index (χ2n) is 5.89. The zero-order valence-electron chi connectivity index (χ0n) is 14.2. The molecule has 3 N–H and O–H groups in total. The Labute approximate surface area is 158 Å². The molecule has 0 radical (unpaired) electrons. The van der Waals surface area contributed by atoms with Gasteiger partial charge in [-0.25, -0.2) is 9.37 Å². The van der Waals surface area contributed by atoms with Gasteiger partial charge in [-0.1, -0.05) is 31.4 Å². The molecule has 0 saturated carbocycles. The van der Waals surface area contributed by atoms with Gasteiger partial charge in [0.15, 0.2) is 5.15 Å². The van der Waals surface area contributed by atoms with E-state index >= 15 is 0 Å². The van der Waals surface area contributed by atoms with Gasteiger partial charge in [0.1, 0.15) is 17.4 Å². The maximum atomic E-state index is 13.0. The van der Waals surface area contributed by atoms with Crippen LogP contribution in [0, 0.1) is 5.82 Å². The van der Waals surface area contributed by atoms with E-state index in [0.29, 0.717) is 35.3 Å². The third-order valence-corrected chi connectivity index (χ3v) is 4.33. The van der Waals surface area contributed by atoms with Crippen molar-refractivity contribution in [3.8, 4) is 11.4 Å². The van der Waals surface area contributed by atoms with E-state index in [2.05, 4.69) is 9.97 Å². The Morgan fingerprint density at radius 3 is 2.60 bits per heavy atom. The van der Waals surface area contributed by atoms with Gasteiger partial charge in [0.2, 0.25) is 0 Å². The van der Waals surface area contributed by atoms with Crippen molar-refractivity contribution < 1.29 is 9.18 Å². The number of rotatable bonds is 9. The van der Waals surface area contributed by atoms with Crippen LogP contribution in [0.2, 0.25) is 5.15 Å². The number of imidazole rings is 1. The van der Waals surface area contributed by atoms with E-state index in [1.54, 1.807) is 12.1 Å². The van der Waals surface area contributed by atoms with E-state index in [1.165, 1.54) is 12.1 Å². The van der Waals surface area contributed by atoms with Crippen LogP contribution in [0.1, 0.15) is 57.2 Å². The average molecular weight is 388 g/mol. The number of carbonyl (C=O) groups is 1. The Hall–Kier alpha value is -1.43. The summed E-state index contributed by atoms with van der Waals surface area (Å²) in [5.74, 6) is 0.591. The second kappa shape index (κ2) is 10.5. The number of aromatic nitrogens is 2. The zero-order chi connectivity index (χ0) is 17.5. The lowest BCUT2D eigenvalue weighted by atomic mass is 10.0. The first-order valence-electron chi connectivity index (χ1n) is 8.30. The van der Waals surface area contributed by atoms with Gasteiger partial charge >= 0.3 is 0 Å². The van der Waals surface area contributed by atoms with Gasteiger partial charge in [-0.05, 0) is 37.1 Å². The predicted molar refractivity (Wildman–Crippen MR) is 102 cm³/mol. The number of halogens is 3. The number of nitrogens with two attached hydrogens (primary N) is 1. The van der Waals surface area contributed by atoms with E-state index in [1.807, 2.05) is 6.92 Å². The SMILES string of the molecule is CCC(=O)CCCCC[C@H](N)c1[nH]c(-c2ccc(F)cc2)nc1Cl.Cl. The Morgan fingerprint density at radius 2 is 1.96 bits per heavy atom. The molecule has 4 nitrogen and oxygen atoms in total. The molecule has 0 fully saturated rings. The molecular formula is C18H24Cl2FN3O. The second-order valence-corrected chi connectivity index (χ2v) is 6.25. The lowest BCUT2D eigenvalue weighted by molar-refractivity contribution is -0.118. The van der Waals surface area contributed by atoms with Gasteiger partial charge in [-0.3, -0.25) is 4.79 Å². The number of hydrogen-bond acceptors (Lipinski definition) is 3. The van der Waals surface area contributed by atoms with Crippen LogP contribution in [0.5, 0.6) is 0 Å². The summed E-state index contributed by atoms with van der Waals surface area (Å²) in [6.07, 6.45) is 4.82. The monoisotopic (exact) mass is 387 g/mol. The predicted octanol–water partition coefficient (Wildman–Crippen LogP) is 5.22. The zero-order valence-corrected chi connectivity index (χ0v) is 15.8. The van der Waals surface area contributed by atoms with Crippen LogP contribution < -0.4 is 5.73 Å². The number of ketones is 1. The summed E-state index contributed by atoms with van der Waals surface area (Å²) in [7, 11) is 0. The molecule has 0 saturated heterocycles. The fourth-order valence-electron chi connectivity index (χ4n) is 2.54. The van der Waals surface area contributed by atoms with Gasteiger partial charge in [-0.15, -0.1) is 12.4 Å². The number of H-pyrrole nitrogens is 1. The van der Waals surface area contributed by atoms with Crippen LogP contribution in [0.3, 0.4) is 0 Å². The topological polar surface area (TPSA) is 71.8 Å². The molecule has 0 aliphatic carbocycles. The molecule has 0 bridgehead atoms. The molecule has 0 aliphatic rings. The van der Waals surface area contributed by atoms with E-state index in [4.69, 9.17) is 17.3 Å². The number of aromatic amines is 1. The summed E-state index contributed by atoms with van der Waals surface area (Å²) in [5, 5.41) is 0.350.